The number of benzene rings is 1. The van der Waals surface area contributed by atoms with E-state index in [1.807, 2.05) is 0 Å². The number of carboxylic acid groups (broad SMARTS) is 1. The molecule has 1 aromatic carbocycles. The Bertz CT molecular complexity index is 1100. The molecule has 3 rings (SSSR count). The Morgan fingerprint density at radius 3 is 2.23 bits per heavy atom. The first kappa shape index (κ1) is 30.4. The number of hydrogen-bond donors (Lipinski definition) is 5. The van der Waals surface area contributed by atoms with E-state index in [0.717, 1.165) is 6.08 Å². The van der Waals surface area contributed by atoms with Crippen LogP contribution < -0.4 is 9.47 Å². The zero-order chi connectivity index (χ0) is 29.1. The van der Waals surface area contributed by atoms with Crippen molar-refractivity contribution in [3.63, 3.8) is 0 Å². The predicted octanol–water partition coefficient (Wildman–Crippen LogP) is 1.38. The van der Waals surface area contributed by atoms with Gasteiger partial charge in [0.05, 0.1) is 20.3 Å². The molecule has 0 bridgehead atoms. The van der Waals surface area contributed by atoms with Crippen molar-refractivity contribution in [2.45, 2.75) is 70.4 Å². The number of rotatable bonds is 9. The van der Waals surface area contributed by atoms with Crippen LogP contribution in [-0.4, -0.2) is 95.1 Å². The minimum Gasteiger partial charge on any atom is -0.502 e. The molecule has 0 radical (unpaired) electrons. The molecule has 1 aliphatic heterocycles. The molecule has 1 unspecified atom stereocenters. The fraction of sp³-hybridized carbons (Fsp3) is 0.556. The van der Waals surface area contributed by atoms with Crippen molar-refractivity contribution >= 4 is 18.0 Å². The minimum atomic E-state index is -1.64. The maximum absolute atomic E-state index is 12.3. The molecule has 0 saturated carbocycles. The third kappa shape index (κ3) is 6.89. The lowest BCUT2D eigenvalue weighted by Crippen LogP contribution is -2.60. The van der Waals surface area contributed by atoms with Gasteiger partial charge in [-0.25, -0.2) is 9.59 Å². The fourth-order valence-electron chi connectivity index (χ4n) is 5.08. The SMILES string of the molecule is COc1cc(/C=C/C(=O)OC[C@H]2O[C@@H](OC3CC(C)=C(C(=O)O)C(C)(C)C3)[C@H](O)[C@@H](O)[C@@H]2O)cc(OC)c1O. The third-order valence-corrected chi connectivity index (χ3v) is 6.89. The summed E-state index contributed by atoms with van der Waals surface area (Å²) < 4.78 is 26.9. The van der Waals surface area contributed by atoms with Crippen molar-refractivity contribution in [3.8, 4) is 17.2 Å². The monoisotopic (exact) mass is 552 g/mol. The number of aliphatic hydroxyl groups excluding tert-OH is 3. The largest absolute Gasteiger partial charge is 0.502 e. The Morgan fingerprint density at radius 1 is 1.08 bits per heavy atom. The smallest absolute Gasteiger partial charge is 0.332 e. The molecule has 1 heterocycles. The molecular weight excluding hydrogens is 516 g/mol. The second-order valence-corrected chi connectivity index (χ2v) is 10.3. The van der Waals surface area contributed by atoms with E-state index in [1.165, 1.54) is 32.4 Å². The number of methoxy groups -OCH3 is 2. The van der Waals surface area contributed by atoms with Gasteiger partial charge < -0.3 is 49.2 Å². The van der Waals surface area contributed by atoms with Crippen molar-refractivity contribution in [2.75, 3.05) is 20.8 Å². The maximum atomic E-state index is 12.3. The van der Waals surface area contributed by atoms with Crippen LogP contribution in [0.15, 0.2) is 29.4 Å². The number of phenols is 1. The molecule has 2 aliphatic rings. The molecule has 0 aromatic heterocycles. The molecule has 12 nitrogen and oxygen atoms in total. The fourth-order valence-corrected chi connectivity index (χ4v) is 5.08. The number of phenolic OH excluding ortho intramolecular Hbond substituents is 1. The van der Waals surface area contributed by atoms with Gasteiger partial charge in [0.1, 0.15) is 31.0 Å². The summed E-state index contributed by atoms with van der Waals surface area (Å²) in [5.41, 5.74) is 0.717. The first-order valence-corrected chi connectivity index (χ1v) is 12.4. The Balaban J connectivity index is 1.64. The second kappa shape index (κ2) is 12.3. The standard InChI is InChI=1S/C27H36O12/c1-13-8-15(11-27(2,3)20(13)25(33)34)38-26-24(32)23(31)22(30)18(39-26)12-37-19(28)7-6-14-9-16(35-4)21(29)17(10-14)36-5/h6-7,9-10,15,18,22-24,26,29-32H,8,11-12H2,1-5H3,(H,33,34)/b7-6+/t15?,18-,22-,23+,24-,26-/m1/s1. The van der Waals surface area contributed by atoms with E-state index in [2.05, 4.69) is 0 Å². The molecule has 1 saturated heterocycles. The van der Waals surface area contributed by atoms with E-state index in [-0.39, 0.29) is 23.7 Å². The van der Waals surface area contributed by atoms with Crippen LogP contribution in [0.25, 0.3) is 6.08 Å². The first-order valence-electron chi connectivity index (χ1n) is 12.4. The lowest BCUT2D eigenvalue weighted by molar-refractivity contribution is -0.313. The van der Waals surface area contributed by atoms with Crippen LogP contribution in [0.1, 0.15) is 39.2 Å². The van der Waals surface area contributed by atoms with Gasteiger partial charge >= 0.3 is 11.9 Å². The predicted molar refractivity (Wildman–Crippen MR) is 136 cm³/mol. The summed E-state index contributed by atoms with van der Waals surface area (Å²) in [5, 5.41) is 50.8. The van der Waals surface area contributed by atoms with Crippen LogP contribution in [0.3, 0.4) is 0 Å². The summed E-state index contributed by atoms with van der Waals surface area (Å²) in [6.07, 6.45) is -4.73. The molecule has 12 heteroatoms. The highest BCUT2D eigenvalue weighted by atomic mass is 16.7. The molecule has 0 spiro atoms. The number of hydrogen-bond acceptors (Lipinski definition) is 11. The van der Waals surface area contributed by atoms with E-state index < -0.39 is 60.8 Å². The molecule has 6 atom stereocenters. The molecule has 1 aliphatic carbocycles. The summed E-state index contributed by atoms with van der Waals surface area (Å²) in [7, 11) is 2.74. The first-order chi connectivity index (χ1) is 18.3. The van der Waals surface area contributed by atoms with Gasteiger partial charge in [0, 0.05) is 11.6 Å². The van der Waals surface area contributed by atoms with Gasteiger partial charge in [-0.2, -0.15) is 0 Å². The summed E-state index contributed by atoms with van der Waals surface area (Å²) in [4.78, 5) is 24.0. The van der Waals surface area contributed by atoms with Crippen molar-refractivity contribution < 1.29 is 58.8 Å². The highest BCUT2D eigenvalue weighted by Crippen LogP contribution is 2.42. The second-order valence-electron chi connectivity index (χ2n) is 10.3. The Hall–Kier alpha value is -3.16. The number of carbonyl (C=O) groups excluding carboxylic acids is 1. The molecule has 39 heavy (non-hydrogen) atoms. The number of aliphatic hydroxyl groups is 3. The van der Waals surface area contributed by atoms with E-state index in [4.69, 9.17) is 23.7 Å². The van der Waals surface area contributed by atoms with Gasteiger partial charge in [0.15, 0.2) is 17.8 Å². The van der Waals surface area contributed by atoms with E-state index >= 15 is 0 Å². The number of ether oxygens (including phenoxy) is 5. The zero-order valence-corrected chi connectivity index (χ0v) is 22.5. The lowest BCUT2D eigenvalue weighted by atomic mass is 9.71. The number of esters is 1. The van der Waals surface area contributed by atoms with Gasteiger partial charge in [0.2, 0.25) is 5.75 Å². The average molecular weight is 553 g/mol. The van der Waals surface area contributed by atoms with Crippen LogP contribution in [0, 0.1) is 5.41 Å². The highest BCUT2D eigenvalue weighted by Gasteiger charge is 2.47. The van der Waals surface area contributed by atoms with Crippen LogP contribution in [0.4, 0.5) is 0 Å². The normalized spacial score (nSPS) is 28.8. The summed E-state index contributed by atoms with van der Waals surface area (Å²) >= 11 is 0. The van der Waals surface area contributed by atoms with E-state index in [9.17, 15) is 35.1 Å². The number of aliphatic carboxylic acids is 1. The minimum absolute atomic E-state index is 0.144. The molecule has 1 fully saturated rings. The van der Waals surface area contributed by atoms with Crippen molar-refractivity contribution in [1.82, 2.24) is 0 Å². The summed E-state index contributed by atoms with van der Waals surface area (Å²) in [6.45, 7) is 4.82. The summed E-state index contributed by atoms with van der Waals surface area (Å²) in [6, 6.07) is 2.97. The average Bonchev–Trinajstić information content (AvgIpc) is 2.86. The lowest BCUT2D eigenvalue weighted by Gasteiger charge is -2.43. The molecule has 0 amide bonds. The van der Waals surface area contributed by atoms with Gasteiger partial charge in [-0.05, 0) is 49.0 Å². The third-order valence-electron chi connectivity index (χ3n) is 6.89. The van der Waals surface area contributed by atoms with Gasteiger partial charge in [-0.15, -0.1) is 0 Å². The molecule has 5 N–H and O–H groups in total. The van der Waals surface area contributed by atoms with Crippen LogP contribution in [0.2, 0.25) is 0 Å². The van der Waals surface area contributed by atoms with Crippen LogP contribution in [-0.2, 0) is 23.8 Å². The molecular formula is C27H36O12. The van der Waals surface area contributed by atoms with Crippen molar-refractivity contribution in [3.05, 3.63) is 34.9 Å². The Labute approximate surface area is 226 Å². The number of aromatic hydroxyl groups is 1. The van der Waals surface area contributed by atoms with Crippen molar-refractivity contribution in [2.24, 2.45) is 5.41 Å². The van der Waals surface area contributed by atoms with Crippen LogP contribution in [0.5, 0.6) is 17.2 Å². The zero-order valence-electron chi connectivity index (χ0n) is 22.5. The summed E-state index contributed by atoms with van der Waals surface area (Å²) in [5.74, 6) is -1.68. The molecule has 216 valence electrons. The molecule has 1 aromatic rings. The number of carbonyl (C=O) groups is 2. The van der Waals surface area contributed by atoms with Crippen LogP contribution >= 0.6 is 0 Å². The Morgan fingerprint density at radius 2 is 1.69 bits per heavy atom. The quantitative estimate of drug-likeness (QED) is 0.220. The van der Waals surface area contributed by atoms with Crippen molar-refractivity contribution in [1.29, 1.82) is 0 Å². The van der Waals surface area contributed by atoms with Gasteiger partial charge in [0.25, 0.3) is 0 Å². The highest BCUT2D eigenvalue weighted by molar-refractivity contribution is 5.89. The Kier molecular flexibility index (Phi) is 9.62. The van der Waals surface area contributed by atoms with Gasteiger partial charge in [-0.3, -0.25) is 0 Å². The van der Waals surface area contributed by atoms with E-state index in [0.29, 0.717) is 23.1 Å². The number of carboxylic acids is 1. The van der Waals surface area contributed by atoms with Gasteiger partial charge in [-0.1, -0.05) is 19.4 Å². The van der Waals surface area contributed by atoms with E-state index in [1.54, 1.807) is 20.8 Å². The topological polar surface area (TPSA) is 181 Å². The maximum Gasteiger partial charge on any atom is 0.332 e.